The van der Waals surface area contributed by atoms with Crippen LogP contribution in [0.4, 0.5) is 0 Å². The Kier molecular flexibility index (Phi) is 6.55. The molecule has 1 unspecified atom stereocenters. The van der Waals surface area contributed by atoms with Gasteiger partial charge in [-0.2, -0.15) is 0 Å². The zero-order chi connectivity index (χ0) is 19.4. The third-order valence-electron chi connectivity index (χ3n) is 4.98. The van der Waals surface area contributed by atoms with Gasteiger partial charge in [0.15, 0.2) is 0 Å². The molecule has 1 aliphatic rings. The van der Waals surface area contributed by atoms with Crippen LogP contribution in [0.2, 0.25) is 5.02 Å². The van der Waals surface area contributed by atoms with Crippen molar-refractivity contribution in [2.24, 2.45) is 0 Å². The number of sulfonamides is 1. The van der Waals surface area contributed by atoms with Gasteiger partial charge >= 0.3 is 0 Å². The molecule has 0 radical (unpaired) electrons. The molecule has 2 aromatic rings. The molecule has 27 heavy (non-hydrogen) atoms. The van der Waals surface area contributed by atoms with Gasteiger partial charge in [0.25, 0.3) is 0 Å². The number of morpholine rings is 1. The van der Waals surface area contributed by atoms with Gasteiger partial charge in [0.05, 0.1) is 18.1 Å². The molecule has 2 aromatic carbocycles. The lowest BCUT2D eigenvalue weighted by atomic mass is 10.1. The highest BCUT2D eigenvalue weighted by molar-refractivity contribution is 7.89. The van der Waals surface area contributed by atoms with E-state index in [-0.39, 0.29) is 17.5 Å². The molecule has 0 aliphatic carbocycles. The third-order valence-corrected chi connectivity index (χ3v) is 6.63. The van der Waals surface area contributed by atoms with Crippen LogP contribution in [0.25, 0.3) is 0 Å². The van der Waals surface area contributed by atoms with E-state index in [9.17, 15) is 8.42 Å². The quantitative estimate of drug-likeness (QED) is 0.796. The Morgan fingerprint density at radius 2 is 1.85 bits per heavy atom. The van der Waals surface area contributed by atoms with Crippen molar-refractivity contribution in [1.82, 2.24) is 9.62 Å². The topological polar surface area (TPSA) is 58.6 Å². The zero-order valence-corrected chi connectivity index (χ0v) is 17.2. The molecule has 1 N–H and O–H groups in total. The van der Waals surface area contributed by atoms with E-state index in [1.807, 2.05) is 44.2 Å². The maximum atomic E-state index is 12.8. The number of benzene rings is 2. The molecule has 7 heteroatoms. The first-order chi connectivity index (χ1) is 12.9. The van der Waals surface area contributed by atoms with Crippen LogP contribution in [-0.4, -0.2) is 46.2 Å². The minimum atomic E-state index is -3.59. The lowest BCUT2D eigenvalue weighted by Gasteiger charge is -2.35. The van der Waals surface area contributed by atoms with Gasteiger partial charge in [-0.3, -0.25) is 4.90 Å². The number of aryl methyl sites for hydroxylation is 2. The summed E-state index contributed by atoms with van der Waals surface area (Å²) in [6, 6.07) is 12.7. The number of hydrogen-bond acceptors (Lipinski definition) is 4. The molecule has 3 rings (SSSR count). The first-order valence-corrected chi connectivity index (χ1v) is 10.9. The second-order valence-electron chi connectivity index (χ2n) is 6.82. The van der Waals surface area contributed by atoms with Gasteiger partial charge in [0.1, 0.15) is 0 Å². The van der Waals surface area contributed by atoms with E-state index in [0.29, 0.717) is 18.2 Å². The number of halogens is 1. The SMILES string of the molecule is Cc1ccc(S(=O)(=O)NCC(c2cccc(Cl)c2)N2CCOCC2)cc1C. The van der Waals surface area contributed by atoms with Crippen LogP contribution in [0.5, 0.6) is 0 Å². The van der Waals surface area contributed by atoms with Crippen molar-refractivity contribution < 1.29 is 13.2 Å². The van der Waals surface area contributed by atoms with Crippen molar-refractivity contribution in [3.63, 3.8) is 0 Å². The van der Waals surface area contributed by atoms with Gasteiger partial charge in [-0.15, -0.1) is 0 Å². The van der Waals surface area contributed by atoms with Crippen molar-refractivity contribution in [3.8, 4) is 0 Å². The standard InChI is InChI=1S/C20H25ClN2O3S/c1-15-6-7-19(12-16(15)2)27(24,25)22-14-20(23-8-10-26-11-9-23)17-4-3-5-18(21)13-17/h3-7,12-13,20,22H,8-11,14H2,1-2H3. The second-order valence-corrected chi connectivity index (χ2v) is 9.02. The number of hydrogen-bond donors (Lipinski definition) is 1. The highest BCUT2D eigenvalue weighted by Crippen LogP contribution is 2.25. The Bertz CT molecular complexity index is 896. The predicted molar refractivity (Wildman–Crippen MR) is 108 cm³/mol. The van der Waals surface area contributed by atoms with Crippen LogP contribution in [0.15, 0.2) is 47.4 Å². The van der Waals surface area contributed by atoms with Crippen molar-refractivity contribution >= 4 is 21.6 Å². The molecule has 1 saturated heterocycles. The summed E-state index contributed by atoms with van der Waals surface area (Å²) in [6.07, 6.45) is 0. The summed E-state index contributed by atoms with van der Waals surface area (Å²) in [7, 11) is -3.59. The molecule has 1 aliphatic heterocycles. The largest absolute Gasteiger partial charge is 0.379 e. The lowest BCUT2D eigenvalue weighted by Crippen LogP contribution is -2.43. The number of nitrogens with zero attached hydrogens (tertiary/aromatic N) is 1. The van der Waals surface area contributed by atoms with Gasteiger partial charge in [0, 0.05) is 30.7 Å². The first kappa shape index (κ1) is 20.3. The molecule has 1 atom stereocenters. The van der Waals surface area contributed by atoms with Gasteiger partial charge in [0.2, 0.25) is 10.0 Å². The van der Waals surface area contributed by atoms with Crippen molar-refractivity contribution in [1.29, 1.82) is 0 Å². The highest BCUT2D eigenvalue weighted by Gasteiger charge is 2.25. The molecule has 0 amide bonds. The molecule has 0 aromatic heterocycles. The van der Waals surface area contributed by atoms with Crippen molar-refractivity contribution in [2.45, 2.75) is 24.8 Å². The second kappa shape index (κ2) is 8.71. The van der Waals surface area contributed by atoms with Gasteiger partial charge in [-0.05, 0) is 54.8 Å². The summed E-state index contributed by atoms with van der Waals surface area (Å²) in [6.45, 7) is 6.94. The van der Waals surface area contributed by atoms with Gasteiger partial charge < -0.3 is 4.74 Å². The number of rotatable bonds is 6. The Morgan fingerprint density at radius 3 is 2.52 bits per heavy atom. The maximum Gasteiger partial charge on any atom is 0.240 e. The highest BCUT2D eigenvalue weighted by atomic mass is 35.5. The van der Waals surface area contributed by atoms with Crippen LogP contribution in [0.3, 0.4) is 0 Å². The first-order valence-electron chi connectivity index (χ1n) is 9.01. The fourth-order valence-corrected chi connectivity index (χ4v) is 4.54. The van der Waals surface area contributed by atoms with E-state index in [0.717, 1.165) is 29.8 Å². The van der Waals surface area contributed by atoms with E-state index in [1.165, 1.54) is 0 Å². The van der Waals surface area contributed by atoms with E-state index >= 15 is 0 Å². The summed E-state index contributed by atoms with van der Waals surface area (Å²) in [5, 5.41) is 0.641. The summed E-state index contributed by atoms with van der Waals surface area (Å²) in [5.41, 5.74) is 3.02. The fraction of sp³-hybridized carbons (Fsp3) is 0.400. The molecule has 0 spiro atoms. The maximum absolute atomic E-state index is 12.8. The lowest BCUT2D eigenvalue weighted by molar-refractivity contribution is 0.0172. The molecule has 0 bridgehead atoms. The van der Waals surface area contributed by atoms with Crippen LogP contribution >= 0.6 is 11.6 Å². The van der Waals surface area contributed by atoms with E-state index < -0.39 is 10.0 Å². The van der Waals surface area contributed by atoms with Crippen LogP contribution < -0.4 is 4.72 Å². The molecule has 1 fully saturated rings. The Morgan fingerprint density at radius 1 is 1.11 bits per heavy atom. The van der Waals surface area contributed by atoms with Crippen molar-refractivity contribution in [2.75, 3.05) is 32.8 Å². The molecule has 5 nitrogen and oxygen atoms in total. The number of ether oxygens (including phenoxy) is 1. The van der Waals surface area contributed by atoms with Crippen LogP contribution in [0, 0.1) is 13.8 Å². The molecular weight excluding hydrogens is 384 g/mol. The summed E-state index contributed by atoms with van der Waals surface area (Å²) in [4.78, 5) is 2.52. The molecule has 146 valence electrons. The Labute approximate surface area is 166 Å². The average molecular weight is 409 g/mol. The van der Waals surface area contributed by atoms with Gasteiger partial charge in [-0.1, -0.05) is 29.8 Å². The smallest absolute Gasteiger partial charge is 0.240 e. The summed E-state index contributed by atoms with van der Waals surface area (Å²) >= 11 is 6.16. The molecule has 0 saturated carbocycles. The average Bonchev–Trinajstić information content (AvgIpc) is 2.65. The van der Waals surface area contributed by atoms with Crippen molar-refractivity contribution in [3.05, 3.63) is 64.2 Å². The third kappa shape index (κ3) is 5.09. The van der Waals surface area contributed by atoms with E-state index in [4.69, 9.17) is 16.3 Å². The predicted octanol–water partition coefficient (Wildman–Crippen LogP) is 3.31. The normalized spacial score (nSPS) is 17.0. The summed E-state index contributed by atoms with van der Waals surface area (Å²) < 4.78 is 33.8. The van der Waals surface area contributed by atoms with E-state index in [1.54, 1.807) is 12.1 Å². The van der Waals surface area contributed by atoms with E-state index in [2.05, 4.69) is 9.62 Å². The zero-order valence-electron chi connectivity index (χ0n) is 15.6. The molecular formula is C20H25ClN2O3S. The van der Waals surface area contributed by atoms with Crippen LogP contribution in [-0.2, 0) is 14.8 Å². The summed E-state index contributed by atoms with van der Waals surface area (Å²) in [5.74, 6) is 0. The monoisotopic (exact) mass is 408 g/mol. The minimum Gasteiger partial charge on any atom is -0.379 e. The Balaban J connectivity index is 1.82. The fourth-order valence-electron chi connectivity index (χ4n) is 3.21. The number of nitrogens with one attached hydrogen (secondary N) is 1. The van der Waals surface area contributed by atoms with Crippen LogP contribution in [0.1, 0.15) is 22.7 Å². The van der Waals surface area contributed by atoms with Gasteiger partial charge in [-0.25, -0.2) is 13.1 Å². The Hall–Kier alpha value is -1.44. The molecule has 1 heterocycles. The minimum absolute atomic E-state index is 0.103.